The van der Waals surface area contributed by atoms with E-state index in [1.807, 2.05) is 0 Å². The Balaban J connectivity index is 1.60. The SMILES string of the molecule is O=C(C1=C(O)C(=O)N(c2ccc(C(F)(F)F)cc2)C1c1ccco1)c1cc2cc(Br)ccc2o1. The predicted molar refractivity (Wildman–Crippen MR) is 118 cm³/mol. The van der Waals surface area contributed by atoms with Crippen molar-refractivity contribution in [3.8, 4) is 0 Å². The largest absolute Gasteiger partial charge is 0.503 e. The summed E-state index contributed by atoms with van der Waals surface area (Å²) in [7, 11) is 0. The maximum atomic E-state index is 13.4. The van der Waals surface area contributed by atoms with Gasteiger partial charge in [-0.05, 0) is 60.7 Å². The molecule has 10 heteroatoms. The monoisotopic (exact) mass is 531 g/mol. The lowest BCUT2D eigenvalue weighted by Gasteiger charge is -2.25. The molecule has 0 spiro atoms. The van der Waals surface area contributed by atoms with E-state index in [9.17, 15) is 27.9 Å². The highest BCUT2D eigenvalue weighted by Gasteiger charge is 2.47. The molecule has 0 saturated carbocycles. The summed E-state index contributed by atoms with van der Waals surface area (Å²) in [5.74, 6) is -2.53. The van der Waals surface area contributed by atoms with Gasteiger partial charge in [0, 0.05) is 15.5 Å². The van der Waals surface area contributed by atoms with Gasteiger partial charge in [-0.3, -0.25) is 14.5 Å². The molecule has 172 valence electrons. The predicted octanol–water partition coefficient (Wildman–Crippen LogP) is 6.59. The van der Waals surface area contributed by atoms with Crippen LogP contribution in [-0.2, 0) is 11.0 Å². The maximum Gasteiger partial charge on any atom is 0.416 e. The van der Waals surface area contributed by atoms with E-state index in [0.717, 1.165) is 33.6 Å². The Bertz CT molecular complexity index is 1450. The van der Waals surface area contributed by atoms with Gasteiger partial charge >= 0.3 is 6.18 Å². The van der Waals surface area contributed by atoms with Crippen LogP contribution in [0.1, 0.15) is 27.9 Å². The Morgan fingerprint density at radius 3 is 2.44 bits per heavy atom. The van der Waals surface area contributed by atoms with Gasteiger partial charge in [-0.2, -0.15) is 13.2 Å². The Hall–Kier alpha value is -3.79. The molecule has 0 bridgehead atoms. The first-order valence-corrected chi connectivity index (χ1v) is 10.7. The molecule has 1 amide bonds. The van der Waals surface area contributed by atoms with E-state index in [2.05, 4.69) is 15.9 Å². The van der Waals surface area contributed by atoms with Crippen LogP contribution in [0.15, 0.2) is 91.6 Å². The quantitative estimate of drug-likeness (QED) is 0.300. The summed E-state index contributed by atoms with van der Waals surface area (Å²) in [6.07, 6.45) is -3.24. The third-order valence-corrected chi connectivity index (χ3v) is 5.93. The molecule has 4 aromatic rings. The molecule has 2 aromatic heterocycles. The molecular weight excluding hydrogens is 519 g/mol. The zero-order valence-corrected chi connectivity index (χ0v) is 18.6. The second-order valence-electron chi connectivity index (χ2n) is 7.52. The number of alkyl halides is 3. The van der Waals surface area contributed by atoms with Gasteiger partial charge in [-0.1, -0.05) is 15.9 Å². The van der Waals surface area contributed by atoms with Gasteiger partial charge in [0.1, 0.15) is 17.4 Å². The number of aliphatic hydroxyl groups is 1. The van der Waals surface area contributed by atoms with Gasteiger partial charge in [-0.25, -0.2) is 0 Å². The summed E-state index contributed by atoms with van der Waals surface area (Å²) in [6, 6.07) is 12.2. The van der Waals surface area contributed by atoms with Crippen molar-refractivity contribution >= 4 is 44.3 Å². The molecule has 1 aliphatic heterocycles. The van der Waals surface area contributed by atoms with E-state index in [4.69, 9.17) is 8.83 Å². The first kappa shape index (κ1) is 22.0. The number of carbonyl (C=O) groups is 2. The highest BCUT2D eigenvalue weighted by molar-refractivity contribution is 9.10. The van der Waals surface area contributed by atoms with Crippen molar-refractivity contribution in [3.63, 3.8) is 0 Å². The minimum absolute atomic E-state index is 0.0438. The summed E-state index contributed by atoms with van der Waals surface area (Å²) in [4.78, 5) is 27.5. The summed E-state index contributed by atoms with van der Waals surface area (Å²) < 4.78 is 50.8. The number of carbonyl (C=O) groups excluding carboxylic acids is 2. The molecule has 0 aliphatic carbocycles. The van der Waals surface area contributed by atoms with Crippen molar-refractivity contribution in [2.24, 2.45) is 0 Å². The number of aliphatic hydroxyl groups excluding tert-OH is 1. The first-order chi connectivity index (χ1) is 16.1. The van der Waals surface area contributed by atoms with Crippen LogP contribution >= 0.6 is 15.9 Å². The molecule has 1 atom stereocenters. The number of furan rings is 2. The molecule has 2 aromatic carbocycles. The van der Waals surface area contributed by atoms with Crippen LogP contribution in [-0.4, -0.2) is 16.8 Å². The molecule has 1 N–H and O–H groups in total. The fourth-order valence-electron chi connectivity index (χ4n) is 3.89. The van der Waals surface area contributed by atoms with Gasteiger partial charge in [0.15, 0.2) is 11.5 Å². The Kier molecular flexibility index (Phi) is 5.12. The Morgan fingerprint density at radius 2 is 1.79 bits per heavy atom. The van der Waals surface area contributed by atoms with Crippen molar-refractivity contribution < 1.29 is 36.7 Å². The van der Waals surface area contributed by atoms with E-state index in [0.29, 0.717) is 11.0 Å². The number of nitrogens with zero attached hydrogens (tertiary/aromatic N) is 1. The van der Waals surface area contributed by atoms with Crippen LogP contribution in [0.4, 0.5) is 18.9 Å². The van der Waals surface area contributed by atoms with Crippen molar-refractivity contribution in [3.05, 3.63) is 99.8 Å². The molecule has 5 rings (SSSR count). The first-order valence-electron chi connectivity index (χ1n) is 9.86. The number of amides is 1. The molecule has 1 aliphatic rings. The molecule has 6 nitrogen and oxygen atoms in total. The highest BCUT2D eigenvalue weighted by Crippen LogP contribution is 2.43. The van der Waals surface area contributed by atoms with Crippen LogP contribution in [0.5, 0.6) is 0 Å². The lowest BCUT2D eigenvalue weighted by atomic mass is 9.99. The van der Waals surface area contributed by atoms with Crippen LogP contribution in [0, 0.1) is 0 Å². The molecule has 0 fully saturated rings. The minimum Gasteiger partial charge on any atom is -0.503 e. The Labute approximate surface area is 198 Å². The smallest absolute Gasteiger partial charge is 0.416 e. The van der Waals surface area contributed by atoms with Crippen molar-refractivity contribution in [1.29, 1.82) is 0 Å². The number of fused-ring (bicyclic) bond motifs is 1. The number of ketones is 1. The van der Waals surface area contributed by atoms with E-state index >= 15 is 0 Å². The number of benzene rings is 2. The van der Waals surface area contributed by atoms with E-state index < -0.39 is 35.2 Å². The second kappa shape index (κ2) is 7.91. The molecule has 1 unspecified atom stereocenters. The number of Topliss-reactive ketones (excluding diaryl/α,β-unsaturated/α-hetero) is 1. The second-order valence-corrected chi connectivity index (χ2v) is 8.44. The minimum atomic E-state index is -4.56. The summed E-state index contributed by atoms with van der Waals surface area (Å²) >= 11 is 3.34. The standard InChI is InChI=1S/C24H13BrF3NO5/c25-14-5-8-16-12(10-14)11-18(34-16)21(30)19-20(17-2-1-9-33-17)29(23(32)22(19)31)15-6-3-13(4-7-15)24(26,27)28/h1-11,20,31H. The third-order valence-electron chi connectivity index (χ3n) is 5.44. The highest BCUT2D eigenvalue weighted by atomic mass is 79.9. The zero-order chi connectivity index (χ0) is 24.2. The van der Waals surface area contributed by atoms with Crippen molar-refractivity contribution in [2.75, 3.05) is 4.90 Å². The third kappa shape index (κ3) is 3.60. The lowest BCUT2D eigenvalue weighted by molar-refractivity contribution is -0.137. The zero-order valence-electron chi connectivity index (χ0n) is 17.0. The molecule has 34 heavy (non-hydrogen) atoms. The average Bonchev–Trinajstić information content (AvgIpc) is 3.52. The average molecular weight is 532 g/mol. The number of halogens is 4. The Morgan fingerprint density at radius 1 is 1.06 bits per heavy atom. The van der Waals surface area contributed by atoms with Gasteiger partial charge in [0.25, 0.3) is 5.91 Å². The number of rotatable bonds is 4. The maximum absolute atomic E-state index is 13.4. The summed E-state index contributed by atoms with van der Waals surface area (Å²) in [6.45, 7) is 0. The van der Waals surface area contributed by atoms with Crippen LogP contribution < -0.4 is 4.90 Å². The van der Waals surface area contributed by atoms with Crippen molar-refractivity contribution in [1.82, 2.24) is 0 Å². The molecule has 3 heterocycles. The van der Waals surface area contributed by atoms with Gasteiger partial charge in [0.05, 0.1) is 17.4 Å². The van der Waals surface area contributed by atoms with Gasteiger partial charge in [0.2, 0.25) is 5.78 Å². The number of hydrogen-bond acceptors (Lipinski definition) is 5. The fourth-order valence-corrected chi connectivity index (χ4v) is 4.27. The van der Waals surface area contributed by atoms with Gasteiger partial charge in [-0.15, -0.1) is 0 Å². The van der Waals surface area contributed by atoms with Crippen LogP contribution in [0.2, 0.25) is 0 Å². The van der Waals surface area contributed by atoms with Crippen LogP contribution in [0.25, 0.3) is 11.0 Å². The van der Waals surface area contributed by atoms with Gasteiger partial charge < -0.3 is 13.9 Å². The normalized spacial score (nSPS) is 16.6. The molecule has 0 radical (unpaired) electrons. The van der Waals surface area contributed by atoms with E-state index in [1.54, 1.807) is 18.2 Å². The van der Waals surface area contributed by atoms with Crippen molar-refractivity contribution in [2.45, 2.75) is 12.2 Å². The lowest BCUT2D eigenvalue weighted by Crippen LogP contribution is -2.30. The van der Waals surface area contributed by atoms with E-state index in [-0.39, 0.29) is 22.8 Å². The summed E-state index contributed by atoms with van der Waals surface area (Å²) in [5, 5.41) is 11.3. The number of hydrogen-bond donors (Lipinski definition) is 1. The molecular formula is C24H13BrF3NO5. The fraction of sp³-hybridized carbons (Fsp3) is 0.0833. The van der Waals surface area contributed by atoms with Crippen LogP contribution in [0.3, 0.4) is 0 Å². The molecule has 0 saturated heterocycles. The number of anilines is 1. The summed E-state index contributed by atoms with van der Waals surface area (Å²) in [5.41, 5.74) is -0.746. The van der Waals surface area contributed by atoms with E-state index in [1.165, 1.54) is 24.5 Å². The topological polar surface area (TPSA) is 83.9 Å².